The summed E-state index contributed by atoms with van der Waals surface area (Å²) in [5.41, 5.74) is 2.48. The molecule has 0 heterocycles. The first-order valence-corrected chi connectivity index (χ1v) is 7.49. The predicted octanol–water partition coefficient (Wildman–Crippen LogP) is 4.01. The number of para-hydroxylation sites is 1. The van der Waals surface area contributed by atoms with Crippen molar-refractivity contribution in [3.05, 3.63) is 65.5 Å². The number of hydrogen-bond acceptors (Lipinski definition) is 2. The van der Waals surface area contributed by atoms with Gasteiger partial charge in [0.15, 0.2) is 0 Å². The third-order valence-electron chi connectivity index (χ3n) is 2.87. The van der Waals surface area contributed by atoms with Crippen molar-refractivity contribution < 1.29 is 9.18 Å². The minimum Gasteiger partial charge on any atom is -0.325 e. The van der Waals surface area contributed by atoms with Gasteiger partial charge in [-0.2, -0.15) is 0 Å². The highest BCUT2D eigenvalue weighted by Gasteiger charge is 2.06. The largest absolute Gasteiger partial charge is 0.325 e. The van der Waals surface area contributed by atoms with Crippen LogP contribution in [0.1, 0.15) is 11.1 Å². The number of amides is 1. The maximum absolute atomic E-state index is 13.4. The molecule has 0 aliphatic carbocycles. The summed E-state index contributed by atoms with van der Waals surface area (Å²) in [6, 6.07) is 14.3. The molecule has 0 saturated carbocycles. The molecule has 0 saturated heterocycles. The zero-order valence-electron chi connectivity index (χ0n) is 11.2. The Morgan fingerprint density at radius 3 is 2.60 bits per heavy atom. The number of hydrogen-bond donors (Lipinski definition) is 1. The first-order valence-electron chi connectivity index (χ1n) is 6.33. The third-order valence-corrected chi connectivity index (χ3v) is 3.85. The molecular weight excluding hydrogens is 273 g/mol. The summed E-state index contributed by atoms with van der Waals surface area (Å²) < 4.78 is 13.4. The Kier molecular flexibility index (Phi) is 5.18. The first-order chi connectivity index (χ1) is 9.66. The van der Waals surface area contributed by atoms with Crippen LogP contribution in [0.4, 0.5) is 10.1 Å². The van der Waals surface area contributed by atoms with E-state index in [1.54, 1.807) is 18.2 Å². The Hall–Kier alpha value is -1.81. The molecule has 0 aliphatic heterocycles. The summed E-state index contributed by atoms with van der Waals surface area (Å²) in [5.74, 6) is 0.510. The average Bonchev–Trinajstić information content (AvgIpc) is 2.43. The second kappa shape index (κ2) is 7.10. The van der Waals surface area contributed by atoms with Gasteiger partial charge in [0.25, 0.3) is 0 Å². The molecule has 20 heavy (non-hydrogen) atoms. The van der Waals surface area contributed by atoms with E-state index in [0.29, 0.717) is 17.1 Å². The van der Waals surface area contributed by atoms with Crippen molar-refractivity contribution in [2.45, 2.75) is 12.7 Å². The normalized spacial score (nSPS) is 10.3. The zero-order valence-corrected chi connectivity index (χ0v) is 12.0. The third kappa shape index (κ3) is 4.10. The Labute approximate surface area is 122 Å². The van der Waals surface area contributed by atoms with Gasteiger partial charge in [0.1, 0.15) is 5.82 Å². The molecule has 4 heteroatoms. The van der Waals surface area contributed by atoms with Crippen molar-refractivity contribution in [1.82, 2.24) is 0 Å². The Morgan fingerprint density at radius 1 is 1.15 bits per heavy atom. The number of nitrogens with one attached hydrogen (secondary N) is 1. The maximum atomic E-state index is 13.4. The lowest BCUT2D eigenvalue weighted by Crippen LogP contribution is -2.14. The summed E-state index contributed by atoms with van der Waals surface area (Å²) in [7, 11) is 0. The molecule has 1 N–H and O–H groups in total. The lowest BCUT2D eigenvalue weighted by Gasteiger charge is -2.08. The number of carbonyl (C=O) groups excluding carboxylic acids is 1. The Bertz CT molecular complexity index is 601. The smallest absolute Gasteiger partial charge is 0.234 e. The van der Waals surface area contributed by atoms with Crippen LogP contribution in [0.25, 0.3) is 0 Å². The summed E-state index contributed by atoms with van der Waals surface area (Å²) in [6.07, 6.45) is 0. The van der Waals surface area contributed by atoms with Crippen LogP contribution in [0, 0.1) is 12.7 Å². The highest BCUT2D eigenvalue weighted by atomic mass is 32.2. The molecule has 0 bridgehead atoms. The molecule has 0 atom stereocenters. The molecule has 104 valence electrons. The van der Waals surface area contributed by atoms with E-state index in [0.717, 1.165) is 11.3 Å². The number of rotatable bonds is 5. The molecule has 0 unspecified atom stereocenters. The minimum absolute atomic E-state index is 0.0689. The van der Waals surface area contributed by atoms with Crippen molar-refractivity contribution in [3.8, 4) is 0 Å². The fourth-order valence-electron chi connectivity index (χ4n) is 1.77. The van der Waals surface area contributed by atoms with Crippen molar-refractivity contribution in [2.75, 3.05) is 11.1 Å². The fraction of sp³-hybridized carbons (Fsp3) is 0.188. The van der Waals surface area contributed by atoms with E-state index in [2.05, 4.69) is 5.32 Å². The standard InChI is InChI=1S/C16H16FNOS/c1-12-6-2-5-9-15(12)18-16(19)11-20-10-13-7-3-4-8-14(13)17/h2-9H,10-11H2,1H3,(H,18,19). The molecule has 2 aromatic carbocycles. The summed E-state index contributed by atoms with van der Waals surface area (Å²) in [5, 5.41) is 2.86. The number of carbonyl (C=O) groups is 1. The van der Waals surface area contributed by atoms with Gasteiger partial charge >= 0.3 is 0 Å². The van der Waals surface area contributed by atoms with Crippen LogP contribution in [0.5, 0.6) is 0 Å². The van der Waals surface area contributed by atoms with Gasteiger partial charge in [-0.05, 0) is 30.2 Å². The van der Waals surface area contributed by atoms with Gasteiger partial charge in [0.2, 0.25) is 5.91 Å². The van der Waals surface area contributed by atoms with Gasteiger partial charge < -0.3 is 5.32 Å². The van der Waals surface area contributed by atoms with Gasteiger partial charge in [-0.3, -0.25) is 4.79 Å². The number of aryl methyl sites for hydroxylation is 1. The van der Waals surface area contributed by atoms with Gasteiger partial charge in [-0.1, -0.05) is 36.4 Å². The van der Waals surface area contributed by atoms with Crippen LogP contribution in [0.2, 0.25) is 0 Å². The number of anilines is 1. The molecular formula is C16H16FNOS. The maximum Gasteiger partial charge on any atom is 0.234 e. The van der Waals surface area contributed by atoms with Crippen LogP contribution in [0.3, 0.4) is 0 Å². The molecule has 0 aliphatic rings. The quantitative estimate of drug-likeness (QED) is 0.901. The van der Waals surface area contributed by atoms with Crippen molar-refractivity contribution in [2.24, 2.45) is 0 Å². The molecule has 1 amide bonds. The van der Waals surface area contributed by atoms with E-state index in [-0.39, 0.29) is 11.7 Å². The van der Waals surface area contributed by atoms with Crippen LogP contribution in [-0.2, 0) is 10.5 Å². The fourth-order valence-corrected chi connectivity index (χ4v) is 2.58. The van der Waals surface area contributed by atoms with Crippen molar-refractivity contribution in [3.63, 3.8) is 0 Å². The van der Waals surface area contributed by atoms with Crippen molar-refractivity contribution >= 4 is 23.4 Å². The zero-order chi connectivity index (χ0) is 14.4. The van der Waals surface area contributed by atoms with Crippen LogP contribution in [0.15, 0.2) is 48.5 Å². The van der Waals surface area contributed by atoms with E-state index >= 15 is 0 Å². The number of thioether (sulfide) groups is 1. The minimum atomic E-state index is -0.223. The van der Waals surface area contributed by atoms with Gasteiger partial charge in [0, 0.05) is 11.4 Å². The lowest BCUT2D eigenvalue weighted by molar-refractivity contribution is -0.113. The van der Waals surface area contributed by atoms with Gasteiger partial charge in [-0.15, -0.1) is 11.8 Å². The molecule has 0 aromatic heterocycles. The molecule has 0 fully saturated rings. The van der Waals surface area contributed by atoms with Gasteiger partial charge in [-0.25, -0.2) is 4.39 Å². The first kappa shape index (κ1) is 14.6. The highest BCUT2D eigenvalue weighted by molar-refractivity contribution is 7.99. The summed E-state index contributed by atoms with van der Waals surface area (Å²) >= 11 is 1.40. The second-order valence-electron chi connectivity index (χ2n) is 4.45. The molecule has 2 nitrogen and oxygen atoms in total. The van der Waals surface area contributed by atoms with E-state index < -0.39 is 0 Å². The van der Waals surface area contributed by atoms with E-state index in [4.69, 9.17) is 0 Å². The number of halogens is 1. The van der Waals surface area contributed by atoms with Gasteiger partial charge in [0.05, 0.1) is 5.75 Å². The summed E-state index contributed by atoms with van der Waals surface area (Å²) in [6.45, 7) is 1.95. The molecule has 2 aromatic rings. The topological polar surface area (TPSA) is 29.1 Å². The Balaban J connectivity index is 1.82. The predicted molar refractivity (Wildman–Crippen MR) is 82.4 cm³/mol. The van der Waals surface area contributed by atoms with E-state index in [1.165, 1.54) is 17.8 Å². The molecule has 0 radical (unpaired) electrons. The monoisotopic (exact) mass is 289 g/mol. The van der Waals surface area contributed by atoms with Crippen molar-refractivity contribution in [1.29, 1.82) is 0 Å². The average molecular weight is 289 g/mol. The molecule has 0 spiro atoms. The second-order valence-corrected chi connectivity index (χ2v) is 5.43. The number of benzene rings is 2. The highest BCUT2D eigenvalue weighted by Crippen LogP contribution is 2.17. The summed E-state index contributed by atoms with van der Waals surface area (Å²) in [4.78, 5) is 11.8. The SMILES string of the molecule is Cc1ccccc1NC(=O)CSCc1ccccc1F. The lowest BCUT2D eigenvalue weighted by atomic mass is 10.2. The van der Waals surface area contributed by atoms with Crippen LogP contribution in [-0.4, -0.2) is 11.7 Å². The Morgan fingerprint density at radius 2 is 1.85 bits per heavy atom. The molecule has 2 rings (SSSR count). The van der Waals surface area contributed by atoms with Crippen LogP contribution >= 0.6 is 11.8 Å². The van der Waals surface area contributed by atoms with E-state index in [1.807, 2.05) is 31.2 Å². The van der Waals surface area contributed by atoms with Crippen LogP contribution < -0.4 is 5.32 Å². The van der Waals surface area contributed by atoms with E-state index in [9.17, 15) is 9.18 Å².